The molecule has 0 N–H and O–H groups in total. The Balaban J connectivity index is 1.42. The molecule has 0 fully saturated rings. The Morgan fingerprint density at radius 1 is 1.11 bits per heavy atom. The van der Waals surface area contributed by atoms with E-state index in [1.54, 1.807) is 17.8 Å². The van der Waals surface area contributed by atoms with Crippen LogP contribution in [0.4, 0.5) is 0 Å². The Labute approximate surface area is 210 Å². The molecule has 0 spiro atoms. The number of hydrogen-bond acceptors (Lipinski definition) is 8. The number of hydrogen-bond donors (Lipinski definition) is 0. The van der Waals surface area contributed by atoms with Gasteiger partial charge in [-0.05, 0) is 26.0 Å². The molecule has 0 bridgehead atoms. The third-order valence-electron chi connectivity index (χ3n) is 5.70. The maximum absolute atomic E-state index is 12.5. The quantitative estimate of drug-likeness (QED) is 0.228. The van der Waals surface area contributed by atoms with Crippen LogP contribution in [-0.4, -0.2) is 44.4 Å². The van der Waals surface area contributed by atoms with Crippen molar-refractivity contribution in [1.29, 1.82) is 0 Å². The Kier molecular flexibility index (Phi) is 7.50. The van der Waals surface area contributed by atoms with E-state index < -0.39 is 14.2 Å². The van der Waals surface area contributed by atoms with Gasteiger partial charge in [0.25, 0.3) is 5.56 Å². The standard InChI is InChI=1S/C25H32N6O4Si/c1-17-8-7-9-19(12-17)22-14-21(29-35-22)18(2)34-25-28-27-24(30(25)3)20-13-23(32)31(26-15-20)16-33-10-11-36(4,5)6/h7-9,12-15,18H,10-11,16H2,1-6H3. The van der Waals surface area contributed by atoms with Gasteiger partial charge in [-0.2, -0.15) is 5.10 Å². The van der Waals surface area contributed by atoms with Gasteiger partial charge in [0.15, 0.2) is 11.6 Å². The van der Waals surface area contributed by atoms with E-state index >= 15 is 0 Å². The van der Waals surface area contributed by atoms with Crippen LogP contribution in [0.2, 0.25) is 25.7 Å². The summed E-state index contributed by atoms with van der Waals surface area (Å²) in [7, 11) is 0.579. The first-order valence-electron chi connectivity index (χ1n) is 11.9. The molecule has 0 aliphatic rings. The van der Waals surface area contributed by atoms with Crippen LogP contribution in [0, 0.1) is 6.92 Å². The first kappa shape index (κ1) is 25.5. The van der Waals surface area contributed by atoms with Crippen molar-refractivity contribution in [3.05, 3.63) is 64.2 Å². The molecule has 4 rings (SSSR count). The summed E-state index contributed by atoms with van der Waals surface area (Å²) in [5, 5.41) is 16.7. The number of aryl methyl sites for hydroxylation is 1. The highest BCUT2D eigenvalue weighted by molar-refractivity contribution is 6.76. The van der Waals surface area contributed by atoms with E-state index in [4.69, 9.17) is 14.0 Å². The molecule has 1 aromatic carbocycles. The second-order valence-electron chi connectivity index (χ2n) is 10.0. The van der Waals surface area contributed by atoms with Gasteiger partial charge in [-0.25, -0.2) is 4.68 Å². The van der Waals surface area contributed by atoms with Crippen molar-refractivity contribution in [1.82, 2.24) is 29.7 Å². The Morgan fingerprint density at radius 3 is 2.64 bits per heavy atom. The van der Waals surface area contributed by atoms with Gasteiger partial charge in [0.1, 0.15) is 18.5 Å². The number of aromatic nitrogens is 6. The molecule has 0 radical (unpaired) electrons. The second kappa shape index (κ2) is 10.6. The second-order valence-corrected chi connectivity index (χ2v) is 15.7. The van der Waals surface area contributed by atoms with Gasteiger partial charge in [0.2, 0.25) is 0 Å². The third kappa shape index (κ3) is 6.16. The minimum atomic E-state index is -1.19. The smallest absolute Gasteiger partial charge is 0.317 e. The van der Waals surface area contributed by atoms with Crippen molar-refractivity contribution in [3.8, 4) is 28.7 Å². The van der Waals surface area contributed by atoms with E-state index in [1.165, 1.54) is 10.7 Å². The van der Waals surface area contributed by atoms with Crippen molar-refractivity contribution >= 4 is 8.07 Å². The Morgan fingerprint density at radius 2 is 1.92 bits per heavy atom. The lowest BCUT2D eigenvalue weighted by Crippen LogP contribution is -2.26. The molecular formula is C25H32N6O4Si. The predicted molar refractivity (Wildman–Crippen MR) is 138 cm³/mol. The molecular weight excluding hydrogens is 476 g/mol. The molecule has 4 aromatic rings. The SMILES string of the molecule is Cc1cccc(-c2cc(C(C)Oc3nnc(-c4cnn(COCC[Si](C)(C)C)c(=O)c4)n3C)no2)c1. The van der Waals surface area contributed by atoms with Gasteiger partial charge in [0, 0.05) is 45.0 Å². The molecule has 10 nitrogen and oxygen atoms in total. The van der Waals surface area contributed by atoms with E-state index in [-0.39, 0.29) is 18.3 Å². The van der Waals surface area contributed by atoms with Gasteiger partial charge >= 0.3 is 6.01 Å². The van der Waals surface area contributed by atoms with Crippen LogP contribution >= 0.6 is 0 Å². The minimum Gasteiger partial charge on any atom is -0.454 e. The molecule has 0 saturated carbocycles. The third-order valence-corrected chi connectivity index (χ3v) is 7.41. The summed E-state index contributed by atoms with van der Waals surface area (Å²) in [4.78, 5) is 12.5. The first-order valence-corrected chi connectivity index (χ1v) is 15.6. The van der Waals surface area contributed by atoms with Gasteiger partial charge in [-0.1, -0.05) is 53.7 Å². The molecule has 0 amide bonds. The molecule has 0 saturated heterocycles. The lowest BCUT2D eigenvalue weighted by atomic mass is 10.1. The summed E-state index contributed by atoms with van der Waals surface area (Å²) < 4.78 is 20.1. The van der Waals surface area contributed by atoms with Crippen molar-refractivity contribution in [2.75, 3.05) is 6.61 Å². The number of ether oxygens (including phenoxy) is 2. The summed E-state index contributed by atoms with van der Waals surface area (Å²) >= 11 is 0. The normalized spacial score (nSPS) is 12.6. The maximum atomic E-state index is 12.5. The molecule has 36 heavy (non-hydrogen) atoms. The fourth-order valence-corrected chi connectivity index (χ4v) is 4.24. The van der Waals surface area contributed by atoms with E-state index in [0.717, 1.165) is 17.2 Å². The highest BCUT2D eigenvalue weighted by Gasteiger charge is 2.20. The summed E-state index contributed by atoms with van der Waals surface area (Å²) in [6.07, 6.45) is 1.15. The molecule has 0 aliphatic carbocycles. The Bertz CT molecular complexity index is 1390. The zero-order valence-electron chi connectivity index (χ0n) is 21.6. The van der Waals surface area contributed by atoms with Gasteiger partial charge < -0.3 is 14.0 Å². The van der Waals surface area contributed by atoms with Crippen LogP contribution in [-0.2, 0) is 18.5 Å². The van der Waals surface area contributed by atoms with Crippen LogP contribution in [0.25, 0.3) is 22.7 Å². The van der Waals surface area contributed by atoms with E-state index in [9.17, 15) is 4.79 Å². The lowest BCUT2D eigenvalue weighted by Gasteiger charge is -2.15. The maximum Gasteiger partial charge on any atom is 0.317 e. The van der Waals surface area contributed by atoms with Gasteiger partial charge in [-0.3, -0.25) is 9.36 Å². The van der Waals surface area contributed by atoms with Crippen molar-refractivity contribution in [3.63, 3.8) is 0 Å². The van der Waals surface area contributed by atoms with Gasteiger partial charge in [-0.15, -0.1) is 5.10 Å². The summed E-state index contributed by atoms with van der Waals surface area (Å²) in [6, 6.07) is 12.6. The topological polar surface area (TPSA) is 110 Å². The van der Waals surface area contributed by atoms with Crippen molar-refractivity contribution in [2.45, 2.75) is 52.4 Å². The van der Waals surface area contributed by atoms with Crippen LogP contribution in [0.15, 0.2) is 51.9 Å². The molecule has 0 aliphatic heterocycles. The molecule has 3 aromatic heterocycles. The van der Waals surface area contributed by atoms with Crippen molar-refractivity contribution in [2.24, 2.45) is 7.05 Å². The van der Waals surface area contributed by atoms with E-state index in [1.807, 2.05) is 44.2 Å². The monoisotopic (exact) mass is 508 g/mol. The lowest BCUT2D eigenvalue weighted by molar-refractivity contribution is 0.0750. The average molecular weight is 509 g/mol. The van der Waals surface area contributed by atoms with Crippen LogP contribution < -0.4 is 10.3 Å². The zero-order chi connectivity index (χ0) is 25.9. The van der Waals surface area contributed by atoms with E-state index in [0.29, 0.717) is 29.4 Å². The number of nitrogens with zero attached hydrogens (tertiary/aromatic N) is 6. The highest BCUT2D eigenvalue weighted by atomic mass is 28.3. The number of benzene rings is 1. The van der Waals surface area contributed by atoms with Crippen LogP contribution in [0.5, 0.6) is 6.01 Å². The molecule has 1 atom stereocenters. The molecule has 11 heteroatoms. The average Bonchev–Trinajstić information content (AvgIpc) is 3.45. The van der Waals surface area contributed by atoms with Crippen molar-refractivity contribution < 1.29 is 14.0 Å². The van der Waals surface area contributed by atoms with Crippen LogP contribution in [0.1, 0.15) is 24.3 Å². The molecule has 190 valence electrons. The molecule has 1 unspecified atom stereocenters. The summed E-state index contributed by atoms with van der Waals surface area (Å²) in [5.41, 5.74) is 2.99. The fourth-order valence-electron chi connectivity index (χ4n) is 3.48. The van der Waals surface area contributed by atoms with Crippen LogP contribution in [0.3, 0.4) is 0 Å². The minimum absolute atomic E-state index is 0.122. The first-order chi connectivity index (χ1) is 17.1. The highest BCUT2D eigenvalue weighted by Crippen LogP contribution is 2.27. The fraction of sp³-hybridized carbons (Fsp3) is 0.400. The largest absolute Gasteiger partial charge is 0.454 e. The van der Waals surface area contributed by atoms with E-state index in [2.05, 4.69) is 40.1 Å². The van der Waals surface area contributed by atoms with Gasteiger partial charge in [0.05, 0.1) is 6.20 Å². The Hall–Kier alpha value is -3.57. The number of rotatable bonds is 10. The predicted octanol–water partition coefficient (Wildman–Crippen LogP) is 4.45. The summed E-state index contributed by atoms with van der Waals surface area (Å²) in [5.74, 6) is 1.13. The molecule has 3 heterocycles. The zero-order valence-corrected chi connectivity index (χ0v) is 22.6. The summed E-state index contributed by atoms with van der Waals surface area (Å²) in [6.45, 7) is 11.5.